The van der Waals surface area contributed by atoms with Crippen LogP contribution in [-0.2, 0) is 4.74 Å². The van der Waals surface area contributed by atoms with Gasteiger partial charge in [-0.25, -0.2) is 4.98 Å². The molecule has 1 saturated heterocycles. The van der Waals surface area contributed by atoms with E-state index in [1.54, 1.807) is 24.4 Å². The molecule has 0 unspecified atom stereocenters. The minimum atomic E-state index is -0.424. The molecular formula is C19H20N4O4. The fourth-order valence-electron chi connectivity index (χ4n) is 3.27. The number of hydrogen-bond acceptors (Lipinski definition) is 5. The van der Waals surface area contributed by atoms with Gasteiger partial charge in [0.1, 0.15) is 17.1 Å². The highest BCUT2D eigenvalue weighted by Gasteiger charge is 2.21. The maximum Gasteiger partial charge on any atom is 0.271 e. The summed E-state index contributed by atoms with van der Waals surface area (Å²) in [5, 5.41) is 2.62. The van der Waals surface area contributed by atoms with Crippen LogP contribution in [0.5, 0.6) is 5.75 Å². The Morgan fingerprint density at radius 1 is 1.37 bits per heavy atom. The number of amides is 1. The molecular weight excluding hydrogens is 348 g/mol. The van der Waals surface area contributed by atoms with E-state index in [0.717, 1.165) is 31.7 Å². The van der Waals surface area contributed by atoms with Crippen LogP contribution < -0.4 is 15.6 Å². The van der Waals surface area contributed by atoms with E-state index in [1.165, 1.54) is 13.3 Å². The number of anilines is 1. The quantitative estimate of drug-likeness (QED) is 0.736. The van der Waals surface area contributed by atoms with Crippen molar-refractivity contribution in [3.05, 3.63) is 58.4 Å². The first kappa shape index (κ1) is 17.3. The van der Waals surface area contributed by atoms with E-state index in [0.29, 0.717) is 22.9 Å². The lowest BCUT2D eigenvalue weighted by Gasteiger charge is -2.19. The standard InChI is InChI=1S/C19H20N4O4/c1-26-16-9-17-21-15(12-4-7-27-8-5-12)11-23(17)10-13(16)18(24)22-14-3-2-6-20-19(14)25/h2-3,6,9-12H,4-5,7-8H2,1H3,(H,20,25)(H,22,24). The maximum atomic E-state index is 12.7. The fourth-order valence-corrected chi connectivity index (χ4v) is 3.27. The molecule has 0 saturated carbocycles. The lowest BCUT2D eigenvalue weighted by molar-refractivity contribution is 0.0846. The van der Waals surface area contributed by atoms with Gasteiger partial charge >= 0.3 is 0 Å². The topological polar surface area (TPSA) is 97.7 Å². The van der Waals surface area contributed by atoms with Crippen molar-refractivity contribution < 1.29 is 14.3 Å². The van der Waals surface area contributed by atoms with Crippen molar-refractivity contribution in [2.75, 3.05) is 25.6 Å². The highest BCUT2D eigenvalue weighted by atomic mass is 16.5. The minimum Gasteiger partial charge on any atom is -0.496 e. The maximum absolute atomic E-state index is 12.7. The molecule has 1 aliphatic heterocycles. The number of carbonyl (C=O) groups excluding carboxylic acids is 1. The van der Waals surface area contributed by atoms with E-state index < -0.39 is 5.91 Å². The third kappa shape index (κ3) is 3.43. The number of nitrogens with one attached hydrogen (secondary N) is 2. The van der Waals surface area contributed by atoms with Gasteiger partial charge in [-0.1, -0.05) is 0 Å². The fraction of sp³-hybridized carbons (Fsp3) is 0.316. The van der Waals surface area contributed by atoms with Gasteiger partial charge in [-0.05, 0) is 25.0 Å². The van der Waals surface area contributed by atoms with Crippen molar-refractivity contribution in [3.8, 4) is 5.75 Å². The van der Waals surface area contributed by atoms with E-state index in [4.69, 9.17) is 9.47 Å². The summed E-state index contributed by atoms with van der Waals surface area (Å²) in [6, 6.07) is 4.92. The van der Waals surface area contributed by atoms with Crippen LogP contribution >= 0.6 is 0 Å². The highest BCUT2D eigenvalue weighted by Crippen LogP contribution is 2.28. The van der Waals surface area contributed by atoms with Gasteiger partial charge in [0.25, 0.3) is 11.5 Å². The predicted molar refractivity (Wildman–Crippen MR) is 99.6 cm³/mol. The average molecular weight is 368 g/mol. The normalized spacial score (nSPS) is 15.0. The molecule has 0 radical (unpaired) electrons. The second-order valence-electron chi connectivity index (χ2n) is 6.44. The number of aromatic nitrogens is 3. The zero-order valence-electron chi connectivity index (χ0n) is 14.9. The Balaban J connectivity index is 1.68. The van der Waals surface area contributed by atoms with Gasteiger partial charge in [0.15, 0.2) is 0 Å². The van der Waals surface area contributed by atoms with Crippen LogP contribution in [-0.4, -0.2) is 40.6 Å². The van der Waals surface area contributed by atoms with Crippen LogP contribution in [0.3, 0.4) is 0 Å². The summed E-state index contributed by atoms with van der Waals surface area (Å²) in [6.45, 7) is 1.47. The molecule has 0 aliphatic carbocycles. The van der Waals surface area contributed by atoms with E-state index in [9.17, 15) is 9.59 Å². The number of pyridine rings is 2. The molecule has 1 amide bonds. The Morgan fingerprint density at radius 3 is 2.93 bits per heavy atom. The first-order valence-corrected chi connectivity index (χ1v) is 8.79. The Labute approximate surface area is 155 Å². The van der Waals surface area contributed by atoms with Crippen molar-refractivity contribution in [1.29, 1.82) is 0 Å². The number of nitrogens with zero attached hydrogens (tertiary/aromatic N) is 2. The smallest absolute Gasteiger partial charge is 0.271 e. The summed E-state index contributed by atoms with van der Waals surface area (Å²) in [4.78, 5) is 31.7. The van der Waals surface area contributed by atoms with E-state index >= 15 is 0 Å². The van der Waals surface area contributed by atoms with E-state index in [1.807, 2.05) is 10.6 Å². The summed E-state index contributed by atoms with van der Waals surface area (Å²) >= 11 is 0. The highest BCUT2D eigenvalue weighted by molar-refractivity contribution is 6.06. The summed E-state index contributed by atoms with van der Waals surface area (Å²) in [5.74, 6) is 0.327. The molecule has 8 heteroatoms. The second-order valence-corrected chi connectivity index (χ2v) is 6.44. The largest absolute Gasteiger partial charge is 0.496 e. The molecule has 3 aromatic rings. The van der Waals surface area contributed by atoms with Crippen LogP contribution in [0.2, 0.25) is 0 Å². The van der Waals surface area contributed by atoms with Crippen LogP contribution in [0.4, 0.5) is 5.69 Å². The molecule has 1 fully saturated rings. The lowest BCUT2D eigenvalue weighted by atomic mass is 9.97. The number of fused-ring (bicyclic) bond motifs is 1. The van der Waals surface area contributed by atoms with Crippen molar-refractivity contribution in [1.82, 2.24) is 14.4 Å². The van der Waals surface area contributed by atoms with Gasteiger partial charge < -0.3 is 24.2 Å². The number of hydrogen-bond donors (Lipinski definition) is 2. The molecule has 140 valence electrons. The molecule has 0 atom stereocenters. The Bertz CT molecular complexity index is 1030. The van der Waals surface area contributed by atoms with E-state index in [2.05, 4.69) is 15.3 Å². The molecule has 0 aromatic carbocycles. The Morgan fingerprint density at radius 2 is 2.19 bits per heavy atom. The van der Waals surface area contributed by atoms with Gasteiger partial charge in [0.05, 0.1) is 18.4 Å². The number of methoxy groups -OCH3 is 1. The molecule has 1 aliphatic rings. The van der Waals surface area contributed by atoms with Crippen LogP contribution in [0.25, 0.3) is 5.65 Å². The van der Waals surface area contributed by atoms with Gasteiger partial charge in [-0.2, -0.15) is 0 Å². The van der Waals surface area contributed by atoms with E-state index in [-0.39, 0.29) is 11.2 Å². The number of H-pyrrole nitrogens is 1. The zero-order chi connectivity index (χ0) is 18.8. The predicted octanol–water partition coefficient (Wildman–Crippen LogP) is 2.18. The molecule has 2 N–H and O–H groups in total. The van der Waals surface area contributed by atoms with Crippen LogP contribution in [0.1, 0.15) is 34.8 Å². The summed E-state index contributed by atoms with van der Waals surface area (Å²) in [7, 11) is 1.50. The number of ether oxygens (including phenoxy) is 2. The number of carbonyl (C=O) groups is 1. The molecule has 8 nitrogen and oxygen atoms in total. The van der Waals surface area contributed by atoms with Gasteiger partial charge in [-0.15, -0.1) is 0 Å². The molecule has 4 heterocycles. The molecule has 3 aromatic heterocycles. The van der Waals surface area contributed by atoms with Gasteiger partial charge in [-0.3, -0.25) is 9.59 Å². The Kier molecular flexibility index (Phi) is 4.64. The summed E-state index contributed by atoms with van der Waals surface area (Å²) < 4.78 is 12.6. The lowest BCUT2D eigenvalue weighted by Crippen LogP contribution is -2.20. The first-order chi connectivity index (χ1) is 13.2. The number of imidazole rings is 1. The summed E-state index contributed by atoms with van der Waals surface area (Å²) in [5.41, 5.74) is 1.83. The minimum absolute atomic E-state index is 0.179. The van der Waals surface area contributed by atoms with Gasteiger partial charge in [0.2, 0.25) is 0 Å². The van der Waals surface area contributed by atoms with Crippen LogP contribution in [0, 0.1) is 0 Å². The number of aromatic amines is 1. The second kappa shape index (κ2) is 7.24. The number of rotatable bonds is 4. The SMILES string of the molecule is COc1cc2nc(C3CCOCC3)cn2cc1C(=O)Nc1ccc[nH]c1=O. The Hall–Kier alpha value is -3.13. The average Bonchev–Trinajstić information content (AvgIpc) is 3.12. The monoisotopic (exact) mass is 368 g/mol. The van der Waals surface area contributed by atoms with Crippen molar-refractivity contribution >= 4 is 17.2 Å². The zero-order valence-corrected chi connectivity index (χ0v) is 14.9. The third-order valence-electron chi connectivity index (χ3n) is 4.74. The van der Waals surface area contributed by atoms with Crippen molar-refractivity contribution in [2.24, 2.45) is 0 Å². The summed E-state index contributed by atoms with van der Waals surface area (Å²) in [6.07, 6.45) is 7.00. The van der Waals surface area contributed by atoms with Gasteiger partial charge in [0, 0.05) is 43.8 Å². The molecule has 0 spiro atoms. The first-order valence-electron chi connectivity index (χ1n) is 8.79. The van der Waals surface area contributed by atoms with Crippen LogP contribution in [0.15, 0.2) is 41.6 Å². The van der Waals surface area contributed by atoms with Crippen molar-refractivity contribution in [2.45, 2.75) is 18.8 Å². The molecule has 27 heavy (non-hydrogen) atoms. The molecule has 0 bridgehead atoms. The van der Waals surface area contributed by atoms with Crippen molar-refractivity contribution in [3.63, 3.8) is 0 Å². The molecule has 4 rings (SSSR count). The third-order valence-corrected chi connectivity index (χ3v) is 4.74.